The van der Waals surface area contributed by atoms with Crippen LogP contribution in [0.1, 0.15) is 25.8 Å². The van der Waals surface area contributed by atoms with E-state index in [0.717, 1.165) is 5.56 Å². The number of nitrogens with two attached hydrogens (primary N) is 1. The molecule has 7 heteroatoms. The van der Waals surface area contributed by atoms with Crippen LogP contribution in [0.15, 0.2) is 30.3 Å². The van der Waals surface area contributed by atoms with Crippen LogP contribution in [0, 0.1) is 5.92 Å². The summed E-state index contributed by atoms with van der Waals surface area (Å²) in [6.07, 6.45) is -0.691. The van der Waals surface area contributed by atoms with Crippen molar-refractivity contribution in [3.05, 3.63) is 35.9 Å². The number of benzene rings is 1. The molecule has 0 saturated carbocycles. The van der Waals surface area contributed by atoms with E-state index in [1.54, 1.807) is 13.8 Å². The summed E-state index contributed by atoms with van der Waals surface area (Å²) < 4.78 is 5.02. The van der Waals surface area contributed by atoms with E-state index >= 15 is 0 Å². The molecule has 0 aromatic heterocycles. The van der Waals surface area contributed by atoms with Gasteiger partial charge in [0.15, 0.2) is 5.78 Å². The first-order valence-corrected chi connectivity index (χ1v) is 6.94. The Labute approximate surface area is 129 Å². The lowest BCUT2D eigenvalue weighted by atomic mass is 10.0. The molecule has 0 heterocycles. The summed E-state index contributed by atoms with van der Waals surface area (Å²) in [4.78, 5) is 34.8. The standard InChI is InChI=1S/C15H21N3O4/c1-10(14(20)18-16)8-13(19)11(2)17-15(21)22-9-12-6-4-3-5-7-12/h3-7,10-11H,8-9,16H2,1-2H3,(H,17,21)(H,18,20)/t10-,11+/m1/s1. The topological polar surface area (TPSA) is 111 Å². The van der Waals surface area contributed by atoms with Crippen LogP contribution in [-0.2, 0) is 20.9 Å². The Hall–Kier alpha value is -2.41. The third kappa shape index (κ3) is 5.92. The first-order valence-electron chi connectivity index (χ1n) is 6.94. The van der Waals surface area contributed by atoms with Crippen molar-refractivity contribution in [3.8, 4) is 0 Å². The number of hydrogen-bond donors (Lipinski definition) is 3. The quantitative estimate of drug-likeness (QED) is 0.393. The second-order valence-corrected chi connectivity index (χ2v) is 5.01. The van der Waals surface area contributed by atoms with Crippen LogP contribution in [0.4, 0.5) is 4.79 Å². The predicted octanol–water partition coefficient (Wildman–Crippen LogP) is 0.886. The highest BCUT2D eigenvalue weighted by Crippen LogP contribution is 2.05. The van der Waals surface area contributed by atoms with Gasteiger partial charge < -0.3 is 10.1 Å². The van der Waals surface area contributed by atoms with E-state index in [2.05, 4.69) is 5.32 Å². The van der Waals surface area contributed by atoms with Gasteiger partial charge in [0.25, 0.3) is 0 Å². The summed E-state index contributed by atoms with van der Waals surface area (Å²) in [6, 6.07) is 8.46. The molecular weight excluding hydrogens is 286 g/mol. The average Bonchev–Trinajstić information content (AvgIpc) is 2.52. The fourth-order valence-corrected chi connectivity index (χ4v) is 1.74. The highest BCUT2D eigenvalue weighted by molar-refractivity contribution is 5.91. The molecule has 4 N–H and O–H groups in total. The minimum atomic E-state index is -0.740. The average molecular weight is 307 g/mol. The van der Waals surface area contributed by atoms with E-state index in [4.69, 9.17) is 10.6 Å². The fourth-order valence-electron chi connectivity index (χ4n) is 1.74. The summed E-state index contributed by atoms with van der Waals surface area (Å²) in [5, 5.41) is 2.44. The molecule has 2 amide bonds. The molecule has 22 heavy (non-hydrogen) atoms. The predicted molar refractivity (Wildman–Crippen MR) is 80.3 cm³/mol. The van der Waals surface area contributed by atoms with Crippen molar-refractivity contribution in [1.29, 1.82) is 0 Å². The van der Waals surface area contributed by atoms with Gasteiger partial charge in [-0.1, -0.05) is 37.3 Å². The Morgan fingerprint density at radius 2 is 1.82 bits per heavy atom. The van der Waals surface area contributed by atoms with Crippen LogP contribution in [-0.4, -0.2) is 23.8 Å². The van der Waals surface area contributed by atoms with Crippen molar-refractivity contribution in [1.82, 2.24) is 10.7 Å². The summed E-state index contributed by atoms with van der Waals surface area (Å²) in [5.74, 6) is 3.75. The molecule has 120 valence electrons. The van der Waals surface area contributed by atoms with Gasteiger partial charge in [0.05, 0.1) is 6.04 Å². The normalized spacial score (nSPS) is 12.9. The molecule has 0 fully saturated rings. The third-order valence-electron chi connectivity index (χ3n) is 3.13. The number of ketones is 1. The number of hydrazine groups is 1. The highest BCUT2D eigenvalue weighted by atomic mass is 16.5. The third-order valence-corrected chi connectivity index (χ3v) is 3.13. The zero-order valence-corrected chi connectivity index (χ0v) is 12.7. The smallest absolute Gasteiger partial charge is 0.408 e. The van der Waals surface area contributed by atoms with Crippen molar-refractivity contribution < 1.29 is 19.1 Å². The van der Waals surface area contributed by atoms with Crippen LogP contribution < -0.4 is 16.6 Å². The molecule has 0 bridgehead atoms. The van der Waals surface area contributed by atoms with Gasteiger partial charge in [0.1, 0.15) is 6.61 Å². The van der Waals surface area contributed by atoms with E-state index in [1.807, 2.05) is 35.8 Å². The number of nitrogens with one attached hydrogen (secondary N) is 2. The molecule has 0 aliphatic heterocycles. The minimum absolute atomic E-state index is 0.0107. The van der Waals surface area contributed by atoms with Crippen molar-refractivity contribution in [2.24, 2.45) is 11.8 Å². The summed E-state index contributed by atoms with van der Waals surface area (Å²) in [7, 11) is 0. The van der Waals surface area contributed by atoms with Gasteiger partial charge in [0, 0.05) is 12.3 Å². The molecule has 1 aromatic carbocycles. The fraction of sp³-hybridized carbons (Fsp3) is 0.400. The molecule has 0 radical (unpaired) electrons. The molecule has 1 rings (SSSR count). The van der Waals surface area contributed by atoms with Crippen LogP contribution in [0.25, 0.3) is 0 Å². The van der Waals surface area contributed by atoms with Crippen molar-refractivity contribution >= 4 is 17.8 Å². The first-order chi connectivity index (χ1) is 10.4. The number of Topliss-reactive ketones (excluding diaryl/α,β-unsaturated/α-hetero) is 1. The van der Waals surface area contributed by atoms with E-state index in [9.17, 15) is 14.4 Å². The number of hydrogen-bond acceptors (Lipinski definition) is 5. The summed E-state index contributed by atoms with van der Waals surface area (Å²) in [6.45, 7) is 3.25. The minimum Gasteiger partial charge on any atom is -0.445 e. The maximum Gasteiger partial charge on any atom is 0.408 e. The maximum absolute atomic E-state index is 11.9. The molecule has 7 nitrogen and oxygen atoms in total. The van der Waals surface area contributed by atoms with Gasteiger partial charge in [-0.2, -0.15) is 0 Å². The van der Waals surface area contributed by atoms with Gasteiger partial charge in [0.2, 0.25) is 5.91 Å². The van der Waals surface area contributed by atoms with Crippen LogP contribution >= 0.6 is 0 Å². The zero-order valence-electron chi connectivity index (χ0n) is 12.7. The number of amides is 2. The number of alkyl carbamates (subject to hydrolysis) is 1. The van der Waals surface area contributed by atoms with Gasteiger partial charge >= 0.3 is 6.09 Å². The van der Waals surface area contributed by atoms with Crippen molar-refractivity contribution in [2.45, 2.75) is 32.9 Å². The number of rotatable bonds is 7. The van der Waals surface area contributed by atoms with Crippen molar-refractivity contribution in [2.75, 3.05) is 0 Å². The Bertz CT molecular complexity index is 519. The molecule has 0 saturated heterocycles. The molecule has 1 aromatic rings. The van der Waals surface area contributed by atoms with Crippen LogP contribution in [0.3, 0.4) is 0 Å². The molecule has 0 unspecified atom stereocenters. The lowest BCUT2D eigenvalue weighted by molar-refractivity contribution is -0.129. The van der Waals surface area contributed by atoms with Crippen LogP contribution in [0.5, 0.6) is 0 Å². The molecule has 2 atom stereocenters. The SMILES string of the molecule is C[C@H](CC(=O)[C@H](C)NC(=O)OCc1ccccc1)C(=O)NN. The summed E-state index contributed by atoms with van der Waals surface area (Å²) in [5.41, 5.74) is 2.84. The van der Waals surface area contributed by atoms with E-state index in [-0.39, 0.29) is 18.8 Å². The Kier molecular flexibility index (Phi) is 7.04. The van der Waals surface area contributed by atoms with E-state index < -0.39 is 24.0 Å². The van der Waals surface area contributed by atoms with Crippen molar-refractivity contribution in [3.63, 3.8) is 0 Å². The van der Waals surface area contributed by atoms with Gasteiger partial charge in [-0.05, 0) is 12.5 Å². The first kappa shape index (κ1) is 17.6. The molecule has 0 aliphatic rings. The monoisotopic (exact) mass is 307 g/mol. The van der Waals surface area contributed by atoms with Gasteiger partial charge in [-0.15, -0.1) is 0 Å². The number of carbonyl (C=O) groups excluding carboxylic acids is 3. The highest BCUT2D eigenvalue weighted by Gasteiger charge is 2.21. The number of ether oxygens (including phenoxy) is 1. The van der Waals surface area contributed by atoms with Crippen LogP contribution in [0.2, 0.25) is 0 Å². The Morgan fingerprint density at radius 3 is 2.41 bits per heavy atom. The van der Waals surface area contributed by atoms with Gasteiger partial charge in [-0.25, -0.2) is 10.6 Å². The van der Waals surface area contributed by atoms with E-state index in [0.29, 0.717) is 0 Å². The summed E-state index contributed by atoms with van der Waals surface area (Å²) >= 11 is 0. The Morgan fingerprint density at radius 1 is 1.18 bits per heavy atom. The lowest BCUT2D eigenvalue weighted by Gasteiger charge is -2.15. The zero-order chi connectivity index (χ0) is 16.5. The lowest BCUT2D eigenvalue weighted by Crippen LogP contribution is -2.41. The second-order valence-electron chi connectivity index (χ2n) is 5.01. The maximum atomic E-state index is 11.9. The molecule has 0 aliphatic carbocycles. The molecule has 0 spiro atoms. The van der Waals surface area contributed by atoms with E-state index in [1.165, 1.54) is 0 Å². The second kappa shape index (κ2) is 8.78. The Balaban J connectivity index is 2.37. The van der Waals surface area contributed by atoms with Gasteiger partial charge in [-0.3, -0.25) is 15.0 Å². The number of carbonyl (C=O) groups is 3. The molecular formula is C15H21N3O4. The largest absolute Gasteiger partial charge is 0.445 e.